The van der Waals surface area contributed by atoms with E-state index < -0.39 is 0 Å². The van der Waals surface area contributed by atoms with Crippen molar-refractivity contribution in [2.24, 2.45) is 0 Å². The van der Waals surface area contributed by atoms with Gasteiger partial charge >= 0.3 is 0 Å². The van der Waals surface area contributed by atoms with E-state index in [1.165, 1.54) is 0 Å². The largest absolute Gasteiger partial charge is 0.456 e. The van der Waals surface area contributed by atoms with Crippen LogP contribution in [-0.2, 0) is 0 Å². The van der Waals surface area contributed by atoms with Crippen LogP contribution in [0.15, 0.2) is 67.0 Å². The predicted molar refractivity (Wildman–Crippen MR) is 103 cm³/mol. The van der Waals surface area contributed by atoms with Crippen molar-refractivity contribution < 1.29 is 9.53 Å². The molecule has 7 nitrogen and oxygen atoms in total. The Morgan fingerprint density at radius 3 is 2.71 bits per heavy atom. The lowest BCUT2D eigenvalue weighted by atomic mass is 10.2. The lowest BCUT2D eigenvalue weighted by molar-refractivity contribution is 0.102. The van der Waals surface area contributed by atoms with Gasteiger partial charge in [0.05, 0.1) is 11.3 Å². The number of ether oxygens (including phenoxy) is 1. The highest BCUT2D eigenvalue weighted by Crippen LogP contribution is 2.26. The third kappa shape index (κ3) is 3.27. The molecule has 2 heterocycles. The van der Waals surface area contributed by atoms with Gasteiger partial charge in [0.25, 0.3) is 5.91 Å². The number of aryl methyl sites for hydroxylation is 1. The summed E-state index contributed by atoms with van der Waals surface area (Å²) in [5, 5.41) is 16.3. The summed E-state index contributed by atoms with van der Waals surface area (Å²) >= 11 is 0. The van der Waals surface area contributed by atoms with Crippen molar-refractivity contribution in [2.75, 3.05) is 5.32 Å². The average Bonchev–Trinajstić information content (AvgIpc) is 3.05. The molecule has 2 aromatic carbocycles. The van der Waals surface area contributed by atoms with Crippen LogP contribution in [0.25, 0.3) is 5.65 Å². The van der Waals surface area contributed by atoms with Crippen LogP contribution in [0.1, 0.15) is 21.6 Å². The highest BCUT2D eigenvalue weighted by molar-refractivity contribution is 6.09. The number of hydrogen-bond donors (Lipinski definition) is 1. The van der Waals surface area contributed by atoms with Crippen LogP contribution in [0.5, 0.6) is 11.5 Å². The number of nitrogens with one attached hydrogen (secondary N) is 1. The quantitative estimate of drug-likeness (QED) is 0.588. The van der Waals surface area contributed by atoms with Gasteiger partial charge in [0.2, 0.25) is 0 Å². The van der Waals surface area contributed by atoms with E-state index in [-0.39, 0.29) is 5.91 Å². The van der Waals surface area contributed by atoms with Crippen LogP contribution in [0.4, 0.5) is 5.69 Å². The molecule has 0 unspecified atom stereocenters. The Morgan fingerprint density at radius 1 is 1.14 bits per heavy atom. The molecular weight excluding hydrogens is 354 g/mol. The van der Waals surface area contributed by atoms with E-state index in [1.807, 2.05) is 0 Å². The molecule has 136 valence electrons. The van der Waals surface area contributed by atoms with E-state index in [0.717, 1.165) is 0 Å². The van der Waals surface area contributed by atoms with Gasteiger partial charge in [0.1, 0.15) is 23.1 Å². The zero-order valence-electron chi connectivity index (χ0n) is 15.0. The van der Waals surface area contributed by atoms with E-state index >= 15 is 0 Å². The first-order valence-corrected chi connectivity index (χ1v) is 8.54. The maximum atomic E-state index is 12.7. The Balaban J connectivity index is 1.52. The Morgan fingerprint density at radius 2 is 1.93 bits per heavy atom. The first-order valence-electron chi connectivity index (χ1n) is 8.54. The number of nitrogens with zero attached hydrogens (tertiary/aromatic N) is 4. The van der Waals surface area contributed by atoms with E-state index in [1.54, 1.807) is 78.4 Å². The van der Waals surface area contributed by atoms with Crippen LogP contribution in [0, 0.1) is 18.3 Å². The fraction of sp³-hybridized carbons (Fsp3) is 0.0476. The number of hydrogen-bond acceptors (Lipinski definition) is 5. The van der Waals surface area contributed by atoms with Crippen molar-refractivity contribution in [1.82, 2.24) is 14.6 Å². The molecule has 0 atom stereocenters. The molecule has 28 heavy (non-hydrogen) atoms. The van der Waals surface area contributed by atoms with Crippen molar-refractivity contribution in [3.63, 3.8) is 0 Å². The van der Waals surface area contributed by atoms with Crippen LogP contribution < -0.4 is 10.1 Å². The fourth-order valence-corrected chi connectivity index (χ4v) is 2.84. The maximum absolute atomic E-state index is 12.7. The number of benzene rings is 2. The van der Waals surface area contributed by atoms with Crippen molar-refractivity contribution in [3.8, 4) is 17.6 Å². The van der Waals surface area contributed by atoms with Gasteiger partial charge in [-0.05, 0) is 49.4 Å². The maximum Gasteiger partial charge on any atom is 0.261 e. The minimum absolute atomic E-state index is 0.283. The topological polar surface area (TPSA) is 92.3 Å². The van der Waals surface area contributed by atoms with E-state index in [4.69, 9.17) is 10.00 Å². The van der Waals surface area contributed by atoms with E-state index in [0.29, 0.717) is 39.7 Å². The third-order valence-electron chi connectivity index (χ3n) is 4.14. The summed E-state index contributed by atoms with van der Waals surface area (Å²) in [6.45, 7) is 1.77. The number of fused-ring (bicyclic) bond motifs is 1. The van der Waals surface area contributed by atoms with Gasteiger partial charge in [-0.2, -0.15) is 10.4 Å². The van der Waals surface area contributed by atoms with Crippen LogP contribution >= 0.6 is 0 Å². The van der Waals surface area contributed by atoms with Crippen molar-refractivity contribution in [3.05, 3.63) is 83.8 Å². The molecule has 1 amide bonds. The molecule has 0 spiro atoms. The number of aromatic nitrogens is 3. The summed E-state index contributed by atoms with van der Waals surface area (Å²) in [4.78, 5) is 16.9. The Labute approximate surface area is 160 Å². The second kappa shape index (κ2) is 7.21. The molecule has 0 radical (unpaired) electrons. The molecule has 0 aliphatic heterocycles. The van der Waals surface area contributed by atoms with E-state index in [2.05, 4.69) is 21.5 Å². The average molecular weight is 369 g/mol. The number of carbonyl (C=O) groups is 1. The molecule has 0 bridgehead atoms. The third-order valence-corrected chi connectivity index (χ3v) is 4.14. The van der Waals surface area contributed by atoms with Crippen molar-refractivity contribution in [1.29, 1.82) is 5.26 Å². The summed E-state index contributed by atoms with van der Waals surface area (Å²) in [7, 11) is 0. The van der Waals surface area contributed by atoms with Gasteiger partial charge < -0.3 is 10.1 Å². The lowest BCUT2D eigenvalue weighted by Crippen LogP contribution is -2.13. The predicted octanol–water partition coefficient (Wildman–Crippen LogP) is 3.95. The van der Waals surface area contributed by atoms with Gasteiger partial charge in [0.15, 0.2) is 5.65 Å². The number of para-hydroxylation sites is 1. The number of rotatable bonds is 4. The van der Waals surface area contributed by atoms with E-state index in [9.17, 15) is 4.79 Å². The minimum Gasteiger partial charge on any atom is -0.456 e. The van der Waals surface area contributed by atoms with Gasteiger partial charge in [-0.1, -0.05) is 12.1 Å². The zero-order valence-corrected chi connectivity index (χ0v) is 15.0. The number of anilines is 1. The molecule has 0 aliphatic rings. The molecule has 4 aromatic rings. The number of carbonyl (C=O) groups excluding carboxylic acids is 1. The molecule has 1 N–H and O–H groups in total. The summed E-state index contributed by atoms with van der Waals surface area (Å²) in [6.07, 6.45) is 3.37. The zero-order chi connectivity index (χ0) is 19.5. The summed E-state index contributed by atoms with van der Waals surface area (Å²) in [5.41, 5.74) is 2.61. The van der Waals surface area contributed by atoms with Crippen LogP contribution in [-0.4, -0.2) is 20.5 Å². The molecular formula is C21H15N5O2. The Hall–Kier alpha value is -4.18. The summed E-state index contributed by atoms with van der Waals surface area (Å²) < 4.78 is 7.33. The van der Waals surface area contributed by atoms with Gasteiger partial charge in [0, 0.05) is 18.1 Å². The number of nitriles is 1. The summed E-state index contributed by atoms with van der Waals surface area (Å²) in [6, 6.07) is 17.8. The highest BCUT2D eigenvalue weighted by Gasteiger charge is 2.18. The molecule has 2 aromatic heterocycles. The molecule has 0 aliphatic carbocycles. The van der Waals surface area contributed by atoms with Crippen molar-refractivity contribution in [2.45, 2.75) is 6.92 Å². The first-order chi connectivity index (χ1) is 13.7. The van der Waals surface area contributed by atoms with Gasteiger partial charge in [-0.25, -0.2) is 9.50 Å². The molecule has 0 saturated heterocycles. The van der Waals surface area contributed by atoms with Crippen molar-refractivity contribution >= 4 is 17.2 Å². The summed E-state index contributed by atoms with van der Waals surface area (Å²) in [5.74, 6) is 0.763. The standard InChI is InChI=1S/C21H15N5O2/c1-14-19(20-23-11-4-12-26(20)25-14)21(27)24-16-7-9-17(10-8-16)28-18-6-3-2-5-15(18)13-22/h2-12H,1H3,(H,24,27). The fourth-order valence-electron chi connectivity index (χ4n) is 2.84. The Bertz CT molecular complexity index is 1210. The number of amides is 1. The molecule has 7 heteroatoms. The second-order valence-corrected chi connectivity index (χ2v) is 6.04. The SMILES string of the molecule is Cc1nn2cccnc2c1C(=O)Nc1ccc(Oc2ccccc2C#N)cc1. The van der Waals surface area contributed by atoms with Gasteiger partial charge in [-0.3, -0.25) is 4.79 Å². The monoisotopic (exact) mass is 369 g/mol. The molecule has 0 saturated carbocycles. The smallest absolute Gasteiger partial charge is 0.261 e. The van der Waals surface area contributed by atoms with Crippen LogP contribution in [0.3, 0.4) is 0 Å². The second-order valence-electron chi connectivity index (χ2n) is 6.04. The molecule has 0 fully saturated rings. The minimum atomic E-state index is -0.283. The normalized spacial score (nSPS) is 10.4. The van der Waals surface area contributed by atoms with Crippen LogP contribution in [0.2, 0.25) is 0 Å². The van der Waals surface area contributed by atoms with Gasteiger partial charge in [-0.15, -0.1) is 0 Å². The lowest BCUT2D eigenvalue weighted by Gasteiger charge is -2.09. The Kier molecular flexibility index (Phi) is 4.44. The molecule has 4 rings (SSSR count). The first kappa shape index (κ1) is 17.2. The highest BCUT2D eigenvalue weighted by atomic mass is 16.5.